The van der Waals surface area contributed by atoms with Gasteiger partial charge in [-0.2, -0.15) is 0 Å². The van der Waals surface area contributed by atoms with E-state index in [-0.39, 0.29) is 12.0 Å². The highest BCUT2D eigenvalue weighted by Crippen LogP contribution is 2.51. The predicted octanol–water partition coefficient (Wildman–Crippen LogP) is 4.37. The van der Waals surface area contributed by atoms with Gasteiger partial charge >= 0.3 is 5.97 Å². The van der Waals surface area contributed by atoms with Crippen LogP contribution in [0.15, 0.2) is 54.6 Å². The summed E-state index contributed by atoms with van der Waals surface area (Å²) in [5.74, 6) is -2.33. The summed E-state index contributed by atoms with van der Waals surface area (Å²) in [5, 5.41) is 10.7. The molecule has 0 radical (unpaired) electrons. The number of hydrogen-bond donors (Lipinski definition) is 3. The Kier molecular flexibility index (Phi) is 6.61. The highest BCUT2D eigenvalue weighted by molar-refractivity contribution is 7.65. The smallest absolute Gasteiger partial charge is 0.311 e. The van der Waals surface area contributed by atoms with E-state index in [0.29, 0.717) is 6.42 Å². The number of carboxylic acid groups (broad SMARTS) is 1. The topological polar surface area (TPSA) is 94.8 Å². The van der Waals surface area contributed by atoms with Crippen molar-refractivity contribution in [3.63, 3.8) is 0 Å². The summed E-state index contributed by atoms with van der Waals surface area (Å²) in [6.07, 6.45) is -1.01. The number of rotatable bonds is 8. The number of aryl methyl sites for hydroxylation is 1. The van der Waals surface area contributed by atoms with Crippen LogP contribution in [0.4, 0.5) is 4.39 Å². The first-order chi connectivity index (χ1) is 14.2. The summed E-state index contributed by atoms with van der Waals surface area (Å²) in [6.45, 7) is 1.93. The molecule has 3 aromatic rings. The Morgan fingerprint density at radius 2 is 1.70 bits per heavy atom. The zero-order valence-electron chi connectivity index (χ0n) is 16.5. The third-order valence-electron chi connectivity index (χ3n) is 5.01. The van der Waals surface area contributed by atoms with Crippen LogP contribution in [0.5, 0.6) is 0 Å². The van der Waals surface area contributed by atoms with Gasteiger partial charge in [0, 0.05) is 6.42 Å². The van der Waals surface area contributed by atoms with Gasteiger partial charge in [-0.15, -0.1) is 0 Å². The molecule has 0 bridgehead atoms. The molecule has 3 N–H and O–H groups in total. The Balaban J connectivity index is 1.98. The van der Waals surface area contributed by atoms with E-state index in [0.717, 1.165) is 33.0 Å². The zero-order chi connectivity index (χ0) is 21.9. The quantitative estimate of drug-likeness (QED) is 0.365. The molecule has 0 spiro atoms. The molecule has 0 aromatic heterocycles. The van der Waals surface area contributed by atoms with Gasteiger partial charge in [0.05, 0.1) is 0 Å². The summed E-state index contributed by atoms with van der Waals surface area (Å²) in [4.78, 5) is 43.1. The SMILES string of the molecule is Cc1cc2ccccc2c(-c2ccc(F)cc2)c1CC[P+](O)(O)CC(=O)CC(=O)O. The second-order valence-electron chi connectivity index (χ2n) is 7.39. The van der Waals surface area contributed by atoms with Crippen LogP contribution in [0.2, 0.25) is 0 Å². The van der Waals surface area contributed by atoms with E-state index in [2.05, 4.69) is 0 Å². The fourth-order valence-corrected chi connectivity index (χ4v) is 5.09. The molecular weight excluding hydrogens is 406 g/mol. The van der Waals surface area contributed by atoms with Crippen LogP contribution in [0.25, 0.3) is 21.9 Å². The number of carboxylic acids is 1. The Bertz CT molecular complexity index is 1090. The van der Waals surface area contributed by atoms with Crippen LogP contribution in [-0.4, -0.2) is 39.0 Å². The summed E-state index contributed by atoms with van der Waals surface area (Å²) < 4.78 is 13.5. The van der Waals surface area contributed by atoms with Crippen molar-refractivity contribution in [3.8, 4) is 11.1 Å². The van der Waals surface area contributed by atoms with Crippen molar-refractivity contribution in [2.75, 3.05) is 12.3 Å². The van der Waals surface area contributed by atoms with E-state index >= 15 is 0 Å². The standard InChI is InChI=1S/C23H22FO5P/c1-15-12-17-4-2-3-5-21(17)23(16-6-8-18(24)9-7-16)20(15)10-11-30(28,29)14-19(25)13-22(26)27/h2-9,12,28-29H,10-11,13-14H2,1H3/p+1. The number of halogens is 1. The maximum atomic E-state index is 13.5. The molecule has 0 fully saturated rings. The van der Waals surface area contributed by atoms with Gasteiger partial charge in [-0.1, -0.05) is 42.5 Å². The van der Waals surface area contributed by atoms with Crippen molar-refractivity contribution in [3.05, 3.63) is 71.5 Å². The van der Waals surface area contributed by atoms with Gasteiger partial charge < -0.3 is 5.11 Å². The van der Waals surface area contributed by atoms with E-state index in [1.165, 1.54) is 12.1 Å². The van der Waals surface area contributed by atoms with Gasteiger partial charge in [-0.3, -0.25) is 9.59 Å². The van der Waals surface area contributed by atoms with Crippen LogP contribution in [0, 0.1) is 12.7 Å². The average molecular weight is 429 g/mol. The van der Waals surface area contributed by atoms with E-state index in [9.17, 15) is 23.8 Å². The second-order valence-corrected chi connectivity index (χ2v) is 9.92. The summed E-state index contributed by atoms with van der Waals surface area (Å²) in [7, 11) is -3.59. The lowest BCUT2D eigenvalue weighted by Gasteiger charge is -2.18. The van der Waals surface area contributed by atoms with E-state index in [1.54, 1.807) is 12.1 Å². The second kappa shape index (κ2) is 9.00. The molecule has 5 nitrogen and oxygen atoms in total. The number of hydrogen-bond acceptors (Lipinski definition) is 4. The molecule has 0 amide bonds. The molecule has 156 valence electrons. The van der Waals surface area contributed by atoms with Crippen molar-refractivity contribution in [1.29, 1.82) is 0 Å². The first kappa shape index (κ1) is 22.0. The fraction of sp³-hybridized carbons (Fsp3) is 0.217. The molecule has 0 aliphatic heterocycles. The van der Waals surface area contributed by atoms with E-state index < -0.39 is 32.1 Å². The van der Waals surface area contributed by atoms with E-state index in [1.807, 2.05) is 37.3 Å². The molecule has 0 unspecified atom stereocenters. The van der Waals surface area contributed by atoms with Crippen LogP contribution < -0.4 is 0 Å². The molecule has 7 heteroatoms. The Morgan fingerprint density at radius 1 is 1.03 bits per heavy atom. The van der Waals surface area contributed by atoms with Crippen molar-refractivity contribution in [2.45, 2.75) is 19.8 Å². The number of ketones is 1. The number of aliphatic carboxylic acids is 1. The van der Waals surface area contributed by atoms with Crippen LogP contribution in [0.1, 0.15) is 17.5 Å². The monoisotopic (exact) mass is 429 g/mol. The molecule has 0 saturated heterocycles. The molecule has 0 saturated carbocycles. The Labute approximate surface area is 174 Å². The third-order valence-corrected chi connectivity index (χ3v) is 6.81. The number of benzene rings is 3. The first-order valence-electron chi connectivity index (χ1n) is 9.49. The number of fused-ring (bicyclic) bond motifs is 1. The number of Topliss-reactive ketones (excluding diaryl/α,β-unsaturated/α-hetero) is 1. The molecule has 3 aromatic carbocycles. The van der Waals surface area contributed by atoms with Crippen molar-refractivity contribution >= 4 is 30.2 Å². The van der Waals surface area contributed by atoms with Crippen molar-refractivity contribution < 1.29 is 28.9 Å². The zero-order valence-corrected chi connectivity index (χ0v) is 17.4. The minimum atomic E-state index is -3.59. The first-order valence-corrected chi connectivity index (χ1v) is 11.6. The number of carbonyl (C=O) groups excluding carboxylic acids is 1. The molecule has 0 atom stereocenters. The van der Waals surface area contributed by atoms with Gasteiger partial charge in [-0.25, -0.2) is 14.2 Å². The molecule has 30 heavy (non-hydrogen) atoms. The summed E-state index contributed by atoms with van der Waals surface area (Å²) in [6, 6.07) is 16.0. The fourth-order valence-electron chi connectivity index (χ4n) is 3.68. The van der Waals surface area contributed by atoms with Gasteiger partial charge in [0.15, 0.2) is 11.9 Å². The summed E-state index contributed by atoms with van der Waals surface area (Å²) >= 11 is 0. The summed E-state index contributed by atoms with van der Waals surface area (Å²) in [5.41, 5.74) is 3.54. The predicted molar refractivity (Wildman–Crippen MR) is 116 cm³/mol. The third kappa shape index (κ3) is 5.28. The van der Waals surface area contributed by atoms with Crippen LogP contribution >= 0.6 is 7.72 Å². The maximum absolute atomic E-state index is 13.5. The average Bonchev–Trinajstić information content (AvgIpc) is 2.65. The Hall–Kier alpha value is -2.66. The highest BCUT2D eigenvalue weighted by Gasteiger charge is 2.36. The minimum absolute atomic E-state index is 0.0360. The minimum Gasteiger partial charge on any atom is -0.481 e. The van der Waals surface area contributed by atoms with Crippen molar-refractivity contribution in [2.24, 2.45) is 0 Å². The molecule has 0 aliphatic rings. The van der Waals surface area contributed by atoms with E-state index in [4.69, 9.17) is 5.11 Å². The largest absolute Gasteiger partial charge is 0.481 e. The maximum Gasteiger partial charge on any atom is 0.311 e. The van der Waals surface area contributed by atoms with Crippen LogP contribution in [-0.2, 0) is 16.0 Å². The molecule has 3 rings (SSSR count). The number of carbonyl (C=O) groups is 2. The van der Waals surface area contributed by atoms with Crippen molar-refractivity contribution in [1.82, 2.24) is 0 Å². The van der Waals surface area contributed by atoms with Gasteiger partial charge in [0.1, 0.15) is 18.4 Å². The lowest BCUT2D eigenvalue weighted by Crippen LogP contribution is -2.16. The normalized spacial score (nSPS) is 11.6. The molecule has 0 aliphatic carbocycles. The Morgan fingerprint density at radius 3 is 2.37 bits per heavy atom. The van der Waals surface area contributed by atoms with Gasteiger partial charge in [0.25, 0.3) is 7.72 Å². The molecule has 0 heterocycles. The van der Waals surface area contributed by atoms with Crippen LogP contribution in [0.3, 0.4) is 0 Å². The van der Waals surface area contributed by atoms with Gasteiger partial charge in [-0.05, 0) is 52.1 Å². The van der Waals surface area contributed by atoms with Gasteiger partial charge in [0.2, 0.25) is 0 Å². The lowest BCUT2D eigenvalue weighted by atomic mass is 9.89. The lowest BCUT2D eigenvalue weighted by molar-refractivity contribution is -0.139. The highest BCUT2D eigenvalue weighted by atomic mass is 31.2. The molecular formula is C23H23FO5P+.